The van der Waals surface area contributed by atoms with Crippen molar-refractivity contribution in [3.8, 4) is 0 Å². The molecule has 0 unspecified atom stereocenters. The molecular weight excluding hydrogens is 190 g/mol. The normalized spacial score (nSPS) is 21.4. The number of benzene rings is 1. The van der Waals surface area contributed by atoms with Crippen molar-refractivity contribution in [3.05, 3.63) is 29.8 Å². The maximum atomic E-state index is 10.9. The number of nitrogens with zero attached hydrogens (tertiary/aromatic N) is 1. The fraction of sp³-hybridized carbons (Fsp3) is 0.417. The lowest BCUT2D eigenvalue weighted by Crippen LogP contribution is -2.41. The van der Waals surface area contributed by atoms with E-state index in [9.17, 15) is 4.79 Å². The van der Waals surface area contributed by atoms with Gasteiger partial charge in [0.2, 0.25) is 0 Å². The number of hydrogen-bond donors (Lipinski definition) is 0. The maximum Gasteiger partial charge on any atom is 0.152 e. The quantitative estimate of drug-likeness (QED) is 0.688. The van der Waals surface area contributed by atoms with Gasteiger partial charge in [-0.25, -0.2) is 0 Å². The Bertz CT molecular complexity index is 351. The van der Waals surface area contributed by atoms with Crippen molar-refractivity contribution in [2.24, 2.45) is 0 Å². The van der Waals surface area contributed by atoms with Crippen molar-refractivity contribution >= 4 is 12.0 Å². The topological polar surface area (TPSA) is 29.5 Å². The van der Waals surface area contributed by atoms with Gasteiger partial charge in [-0.05, 0) is 19.1 Å². The molecule has 0 aliphatic carbocycles. The third kappa shape index (κ3) is 2.18. The summed E-state index contributed by atoms with van der Waals surface area (Å²) in [6, 6.07) is 7.68. The minimum absolute atomic E-state index is 0.235. The van der Waals surface area contributed by atoms with Crippen LogP contribution in [0.25, 0.3) is 0 Å². The molecule has 1 fully saturated rings. The molecule has 80 valence electrons. The lowest BCUT2D eigenvalue weighted by atomic mass is 10.1. The van der Waals surface area contributed by atoms with Crippen molar-refractivity contribution < 1.29 is 9.53 Å². The Morgan fingerprint density at radius 3 is 3.00 bits per heavy atom. The fourth-order valence-electron chi connectivity index (χ4n) is 1.91. The first kappa shape index (κ1) is 10.2. The standard InChI is InChI=1S/C12H15NO2/c1-10-8-13(6-7-15-10)12-5-3-2-4-11(12)9-14/h2-5,9-10H,6-8H2,1H3/t10-/m1/s1. The zero-order valence-electron chi connectivity index (χ0n) is 8.85. The van der Waals surface area contributed by atoms with Crippen LogP contribution in [0.15, 0.2) is 24.3 Å². The summed E-state index contributed by atoms with van der Waals surface area (Å²) in [5.74, 6) is 0. The summed E-state index contributed by atoms with van der Waals surface area (Å²) in [7, 11) is 0. The highest BCUT2D eigenvalue weighted by Gasteiger charge is 2.18. The maximum absolute atomic E-state index is 10.9. The summed E-state index contributed by atoms with van der Waals surface area (Å²) in [6.45, 7) is 4.49. The van der Waals surface area contributed by atoms with Crippen LogP contribution in [-0.4, -0.2) is 32.1 Å². The van der Waals surface area contributed by atoms with Gasteiger partial charge in [-0.3, -0.25) is 4.79 Å². The Morgan fingerprint density at radius 1 is 1.47 bits per heavy atom. The molecule has 0 radical (unpaired) electrons. The van der Waals surface area contributed by atoms with Crippen LogP contribution >= 0.6 is 0 Å². The first-order valence-electron chi connectivity index (χ1n) is 5.22. The molecule has 1 heterocycles. The van der Waals surface area contributed by atoms with Crippen molar-refractivity contribution in [1.82, 2.24) is 0 Å². The third-order valence-electron chi connectivity index (χ3n) is 2.65. The Morgan fingerprint density at radius 2 is 2.27 bits per heavy atom. The van der Waals surface area contributed by atoms with E-state index >= 15 is 0 Å². The molecule has 1 aromatic carbocycles. The summed E-state index contributed by atoms with van der Waals surface area (Å²) in [5, 5.41) is 0. The molecule has 3 heteroatoms. The average molecular weight is 205 g/mol. The molecule has 1 aliphatic heterocycles. The van der Waals surface area contributed by atoms with Crippen molar-refractivity contribution in [2.45, 2.75) is 13.0 Å². The SMILES string of the molecule is C[C@@H]1CN(c2ccccc2C=O)CCO1. The van der Waals surface area contributed by atoms with Gasteiger partial charge in [-0.15, -0.1) is 0 Å². The lowest BCUT2D eigenvalue weighted by Gasteiger charge is -2.33. The average Bonchev–Trinajstić information content (AvgIpc) is 2.29. The summed E-state index contributed by atoms with van der Waals surface area (Å²) in [6.07, 6.45) is 1.15. The fourth-order valence-corrected chi connectivity index (χ4v) is 1.91. The van der Waals surface area contributed by atoms with Gasteiger partial charge in [-0.2, -0.15) is 0 Å². The van der Waals surface area contributed by atoms with Crippen LogP contribution in [0.1, 0.15) is 17.3 Å². The molecule has 15 heavy (non-hydrogen) atoms. The number of morpholine rings is 1. The minimum Gasteiger partial charge on any atom is -0.375 e. The molecule has 0 N–H and O–H groups in total. The Labute approximate surface area is 89.7 Å². The summed E-state index contributed by atoms with van der Waals surface area (Å²) in [4.78, 5) is 13.1. The first-order chi connectivity index (χ1) is 7.31. The van der Waals surface area contributed by atoms with Crippen LogP contribution in [-0.2, 0) is 4.74 Å². The van der Waals surface area contributed by atoms with Crippen molar-refractivity contribution in [2.75, 3.05) is 24.6 Å². The zero-order chi connectivity index (χ0) is 10.7. The van der Waals surface area contributed by atoms with Gasteiger partial charge < -0.3 is 9.64 Å². The number of carbonyl (C=O) groups is 1. The summed E-state index contributed by atoms with van der Waals surface area (Å²) in [5.41, 5.74) is 1.77. The van der Waals surface area contributed by atoms with E-state index in [0.29, 0.717) is 0 Å². The van der Waals surface area contributed by atoms with E-state index in [4.69, 9.17) is 4.74 Å². The Kier molecular flexibility index (Phi) is 3.02. The number of hydrogen-bond acceptors (Lipinski definition) is 3. The summed E-state index contributed by atoms with van der Waals surface area (Å²) < 4.78 is 5.47. The van der Waals surface area contributed by atoms with Crippen LogP contribution in [0.3, 0.4) is 0 Å². The van der Waals surface area contributed by atoms with Gasteiger partial charge in [0.1, 0.15) is 0 Å². The van der Waals surface area contributed by atoms with Crippen LogP contribution in [0, 0.1) is 0 Å². The smallest absolute Gasteiger partial charge is 0.152 e. The molecule has 1 aliphatic rings. The van der Waals surface area contributed by atoms with Crippen LogP contribution in [0.5, 0.6) is 0 Å². The van der Waals surface area contributed by atoms with Crippen molar-refractivity contribution in [1.29, 1.82) is 0 Å². The molecule has 0 aromatic heterocycles. The molecule has 0 amide bonds. The van der Waals surface area contributed by atoms with Crippen molar-refractivity contribution in [3.63, 3.8) is 0 Å². The Hall–Kier alpha value is -1.35. The van der Waals surface area contributed by atoms with Gasteiger partial charge in [-0.1, -0.05) is 12.1 Å². The number of anilines is 1. The second-order valence-corrected chi connectivity index (χ2v) is 3.80. The largest absolute Gasteiger partial charge is 0.375 e. The number of rotatable bonds is 2. The van der Waals surface area contributed by atoms with E-state index in [0.717, 1.165) is 37.2 Å². The highest BCUT2D eigenvalue weighted by atomic mass is 16.5. The second kappa shape index (κ2) is 4.45. The van der Waals surface area contributed by atoms with E-state index in [2.05, 4.69) is 11.8 Å². The van der Waals surface area contributed by atoms with E-state index in [1.165, 1.54) is 0 Å². The highest BCUT2D eigenvalue weighted by Crippen LogP contribution is 2.21. The predicted molar refractivity (Wildman–Crippen MR) is 59.5 cm³/mol. The number of ether oxygens (including phenoxy) is 1. The van der Waals surface area contributed by atoms with Crippen LogP contribution in [0.2, 0.25) is 0 Å². The van der Waals surface area contributed by atoms with E-state index < -0.39 is 0 Å². The van der Waals surface area contributed by atoms with Gasteiger partial charge in [0.25, 0.3) is 0 Å². The van der Waals surface area contributed by atoms with Gasteiger partial charge >= 0.3 is 0 Å². The van der Waals surface area contributed by atoms with E-state index in [1.54, 1.807) is 0 Å². The highest BCUT2D eigenvalue weighted by molar-refractivity contribution is 5.84. The monoisotopic (exact) mass is 205 g/mol. The van der Waals surface area contributed by atoms with E-state index in [-0.39, 0.29) is 6.10 Å². The van der Waals surface area contributed by atoms with Crippen LogP contribution in [0.4, 0.5) is 5.69 Å². The minimum atomic E-state index is 0.235. The molecule has 1 aromatic rings. The lowest BCUT2D eigenvalue weighted by molar-refractivity contribution is 0.0531. The first-order valence-corrected chi connectivity index (χ1v) is 5.22. The van der Waals surface area contributed by atoms with Gasteiger partial charge in [0.05, 0.1) is 12.7 Å². The molecule has 1 saturated heterocycles. The molecule has 0 spiro atoms. The second-order valence-electron chi connectivity index (χ2n) is 3.80. The molecule has 0 saturated carbocycles. The molecule has 1 atom stereocenters. The molecule has 2 rings (SSSR count). The Balaban J connectivity index is 2.24. The summed E-state index contributed by atoms with van der Waals surface area (Å²) >= 11 is 0. The van der Waals surface area contributed by atoms with Crippen LogP contribution < -0.4 is 4.90 Å². The number of carbonyl (C=O) groups excluding carboxylic acids is 1. The third-order valence-corrected chi connectivity index (χ3v) is 2.65. The molecular formula is C12H15NO2. The van der Waals surface area contributed by atoms with E-state index in [1.807, 2.05) is 24.3 Å². The molecule has 3 nitrogen and oxygen atoms in total. The zero-order valence-corrected chi connectivity index (χ0v) is 8.85. The molecule has 0 bridgehead atoms. The van der Waals surface area contributed by atoms with Gasteiger partial charge in [0, 0.05) is 24.3 Å². The number of aldehydes is 1. The predicted octanol–water partition coefficient (Wildman–Crippen LogP) is 1.72. The van der Waals surface area contributed by atoms with Gasteiger partial charge in [0.15, 0.2) is 6.29 Å². The number of para-hydroxylation sites is 1.